The molecule has 1 amide bonds. The second-order valence-electron chi connectivity index (χ2n) is 6.75. The highest BCUT2D eigenvalue weighted by atomic mass is 16.6. The van der Waals surface area contributed by atoms with Gasteiger partial charge in [0.1, 0.15) is 0 Å². The zero-order chi connectivity index (χ0) is 17.2. The maximum Gasteiger partial charge on any atom is 0.416 e. The summed E-state index contributed by atoms with van der Waals surface area (Å²) in [5.41, 5.74) is 3.03. The number of hydrogen-bond donors (Lipinski definition) is 0. The number of nitrogens with zero attached hydrogens (tertiary/aromatic N) is 3. The van der Waals surface area contributed by atoms with Crippen molar-refractivity contribution in [2.24, 2.45) is 0 Å². The number of ether oxygens (including phenoxy) is 2. The van der Waals surface area contributed by atoms with Crippen molar-refractivity contribution < 1.29 is 14.3 Å². The highest BCUT2D eigenvalue weighted by molar-refractivity contribution is 5.82. The summed E-state index contributed by atoms with van der Waals surface area (Å²) in [6.07, 6.45) is 0.637. The van der Waals surface area contributed by atoms with Gasteiger partial charge >= 0.3 is 6.09 Å². The first-order chi connectivity index (χ1) is 12.2. The lowest BCUT2D eigenvalue weighted by molar-refractivity contribution is 0.0359. The fraction of sp³-hybridized carbons (Fsp3) is 0.474. The number of aryl methyl sites for hydroxylation is 1. The SMILES string of the molecule is Cc1ccc2nc3c(cc2c1)CN(CCCN1CCOCC1)C(=O)O3. The van der Waals surface area contributed by atoms with E-state index in [1.165, 1.54) is 5.56 Å². The molecule has 4 rings (SSSR count). The van der Waals surface area contributed by atoms with Crippen molar-refractivity contribution in [1.29, 1.82) is 0 Å². The van der Waals surface area contributed by atoms with Crippen LogP contribution in [0.25, 0.3) is 10.9 Å². The number of benzene rings is 1. The van der Waals surface area contributed by atoms with Crippen molar-refractivity contribution in [3.05, 3.63) is 35.4 Å². The number of carbonyl (C=O) groups is 1. The fourth-order valence-electron chi connectivity index (χ4n) is 3.42. The van der Waals surface area contributed by atoms with E-state index in [0.29, 0.717) is 19.0 Å². The van der Waals surface area contributed by atoms with E-state index in [0.717, 1.165) is 55.7 Å². The molecular formula is C19H23N3O3. The number of carbonyl (C=O) groups excluding carboxylic acids is 1. The van der Waals surface area contributed by atoms with Crippen molar-refractivity contribution in [2.75, 3.05) is 39.4 Å². The molecule has 0 atom stereocenters. The van der Waals surface area contributed by atoms with Crippen molar-refractivity contribution >= 4 is 17.0 Å². The van der Waals surface area contributed by atoms with Gasteiger partial charge in [-0.05, 0) is 31.5 Å². The summed E-state index contributed by atoms with van der Waals surface area (Å²) < 4.78 is 10.8. The highest BCUT2D eigenvalue weighted by Gasteiger charge is 2.26. The molecule has 0 saturated carbocycles. The molecule has 132 valence electrons. The minimum absolute atomic E-state index is 0.298. The summed E-state index contributed by atoms with van der Waals surface area (Å²) in [5.74, 6) is 0.450. The smallest absolute Gasteiger partial charge is 0.391 e. The number of amides is 1. The van der Waals surface area contributed by atoms with Gasteiger partial charge in [0.15, 0.2) is 0 Å². The zero-order valence-electron chi connectivity index (χ0n) is 14.5. The van der Waals surface area contributed by atoms with E-state index in [4.69, 9.17) is 9.47 Å². The number of hydrogen-bond acceptors (Lipinski definition) is 5. The van der Waals surface area contributed by atoms with E-state index in [2.05, 4.69) is 28.9 Å². The van der Waals surface area contributed by atoms with E-state index in [1.807, 2.05) is 12.1 Å². The van der Waals surface area contributed by atoms with E-state index < -0.39 is 0 Å². The number of pyridine rings is 1. The van der Waals surface area contributed by atoms with Crippen LogP contribution in [0.5, 0.6) is 5.88 Å². The van der Waals surface area contributed by atoms with Crippen LogP contribution in [0.4, 0.5) is 4.79 Å². The normalized spacial score (nSPS) is 18.3. The summed E-state index contributed by atoms with van der Waals surface area (Å²) in [7, 11) is 0. The van der Waals surface area contributed by atoms with Crippen LogP contribution in [0.1, 0.15) is 17.5 Å². The lowest BCUT2D eigenvalue weighted by Crippen LogP contribution is -2.41. The van der Waals surface area contributed by atoms with Gasteiger partial charge in [-0.15, -0.1) is 0 Å². The molecule has 2 aromatic rings. The second kappa shape index (κ2) is 6.98. The molecule has 6 heteroatoms. The quantitative estimate of drug-likeness (QED) is 0.855. The molecule has 2 aliphatic rings. The summed E-state index contributed by atoms with van der Waals surface area (Å²) in [6.45, 7) is 7.86. The van der Waals surface area contributed by atoms with Crippen LogP contribution in [0.2, 0.25) is 0 Å². The van der Waals surface area contributed by atoms with Gasteiger partial charge in [0.25, 0.3) is 0 Å². The van der Waals surface area contributed by atoms with Crippen LogP contribution in [0.3, 0.4) is 0 Å². The van der Waals surface area contributed by atoms with Gasteiger partial charge < -0.3 is 14.4 Å². The predicted molar refractivity (Wildman–Crippen MR) is 94.8 cm³/mol. The maximum atomic E-state index is 12.3. The third kappa shape index (κ3) is 3.60. The monoisotopic (exact) mass is 341 g/mol. The standard InChI is InChI=1S/C19H23N3O3/c1-14-3-4-17-15(11-14)12-16-13-22(19(23)25-18(16)20-17)6-2-5-21-7-9-24-10-8-21/h3-4,11-12H,2,5-10,13H2,1H3. The first-order valence-electron chi connectivity index (χ1n) is 8.86. The molecule has 0 unspecified atom stereocenters. The van der Waals surface area contributed by atoms with E-state index in [-0.39, 0.29) is 6.09 Å². The van der Waals surface area contributed by atoms with Crippen molar-refractivity contribution in [3.8, 4) is 5.88 Å². The average molecular weight is 341 g/mol. The summed E-state index contributed by atoms with van der Waals surface area (Å²) in [5, 5.41) is 1.09. The molecular weight excluding hydrogens is 318 g/mol. The molecule has 1 fully saturated rings. The van der Waals surface area contributed by atoms with Gasteiger partial charge in [0.05, 0.1) is 25.3 Å². The Balaban J connectivity index is 1.43. The Kier molecular flexibility index (Phi) is 4.55. The Morgan fingerprint density at radius 1 is 1.16 bits per heavy atom. The van der Waals surface area contributed by atoms with E-state index in [1.54, 1.807) is 4.90 Å². The first kappa shape index (κ1) is 16.3. The van der Waals surface area contributed by atoms with E-state index >= 15 is 0 Å². The summed E-state index contributed by atoms with van der Waals surface area (Å²) >= 11 is 0. The number of morpholine rings is 1. The van der Waals surface area contributed by atoms with Gasteiger partial charge in [-0.1, -0.05) is 11.6 Å². The topological polar surface area (TPSA) is 54.9 Å². The average Bonchev–Trinajstić information content (AvgIpc) is 2.62. The maximum absolute atomic E-state index is 12.3. The minimum atomic E-state index is -0.298. The third-order valence-electron chi connectivity index (χ3n) is 4.82. The van der Waals surface area contributed by atoms with Crippen LogP contribution >= 0.6 is 0 Å². The largest absolute Gasteiger partial charge is 0.416 e. The molecule has 0 radical (unpaired) electrons. The molecule has 0 spiro atoms. The lowest BCUT2D eigenvalue weighted by Gasteiger charge is -2.30. The van der Waals surface area contributed by atoms with Crippen LogP contribution in [-0.2, 0) is 11.3 Å². The number of rotatable bonds is 4. The minimum Gasteiger partial charge on any atom is -0.391 e. The molecule has 0 N–H and O–H groups in total. The first-order valence-corrected chi connectivity index (χ1v) is 8.86. The van der Waals surface area contributed by atoms with Crippen LogP contribution in [-0.4, -0.2) is 60.3 Å². The Labute approximate surface area is 147 Å². The van der Waals surface area contributed by atoms with Gasteiger partial charge in [0.2, 0.25) is 5.88 Å². The van der Waals surface area contributed by atoms with E-state index in [9.17, 15) is 4.79 Å². The Hall–Kier alpha value is -2.18. The van der Waals surface area contributed by atoms with Crippen molar-refractivity contribution in [2.45, 2.75) is 19.9 Å². The molecule has 1 saturated heterocycles. The highest BCUT2D eigenvalue weighted by Crippen LogP contribution is 2.28. The van der Waals surface area contributed by atoms with Crippen molar-refractivity contribution in [1.82, 2.24) is 14.8 Å². The van der Waals surface area contributed by atoms with Gasteiger partial charge in [-0.3, -0.25) is 4.90 Å². The lowest BCUT2D eigenvalue weighted by atomic mass is 10.1. The molecule has 25 heavy (non-hydrogen) atoms. The summed E-state index contributed by atoms with van der Waals surface area (Å²) in [6, 6.07) is 8.19. The van der Waals surface area contributed by atoms with Crippen molar-refractivity contribution in [3.63, 3.8) is 0 Å². The Morgan fingerprint density at radius 2 is 2.00 bits per heavy atom. The molecule has 6 nitrogen and oxygen atoms in total. The zero-order valence-corrected chi connectivity index (χ0v) is 14.5. The van der Waals surface area contributed by atoms with Gasteiger partial charge in [-0.25, -0.2) is 9.78 Å². The number of fused-ring (bicyclic) bond motifs is 2. The van der Waals surface area contributed by atoms with Crippen LogP contribution in [0, 0.1) is 6.92 Å². The molecule has 0 bridgehead atoms. The summed E-state index contributed by atoms with van der Waals surface area (Å²) in [4.78, 5) is 20.9. The second-order valence-corrected chi connectivity index (χ2v) is 6.75. The van der Waals surface area contributed by atoms with Crippen LogP contribution < -0.4 is 4.74 Å². The number of aromatic nitrogens is 1. The Morgan fingerprint density at radius 3 is 2.84 bits per heavy atom. The molecule has 2 aliphatic heterocycles. The Bertz CT molecular complexity index is 787. The van der Waals surface area contributed by atoms with Gasteiger partial charge in [-0.2, -0.15) is 0 Å². The fourth-order valence-corrected chi connectivity index (χ4v) is 3.42. The van der Waals surface area contributed by atoms with Gasteiger partial charge in [0, 0.05) is 37.1 Å². The third-order valence-corrected chi connectivity index (χ3v) is 4.82. The molecule has 3 heterocycles. The molecule has 1 aromatic carbocycles. The molecule has 1 aromatic heterocycles. The predicted octanol–water partition coefficient (Wildman–Crippen LogP) is 2.58. The molecule has 0 aliphatic carbocycles. The van der Waals surface area contributed by atoms with Crippen LogP contribution in [0.15, 0.2) is 24.3 Å².